The van der Waals surface area contributed by atoms with E-state index >= 15 is 0 Å². The number of aromatic amines is 1. The average Bonchev–Trinajstić information content (AvgIpc) is 3.48. The Balaban J connectivity index is 1.39. The second-order valence-electron chi connectivity index (χ2n) is 11.0. The highest BCUT2D eigenvalue weighted by Gasteiger charge is 2.55. The lowest BCUT2D eigenvalue weighted by atomic mass is 10.0. The average molecular weight is 734 g/mol. The normalized spacial score (nSPS) is 18.2. The van der Waals surface area contributed by atoms with E-state index in [-0.39, 0.29) is 33.1 Å². The Morgan fingerprint density at radius 2 is 1.88 bits per heavy atom. The Bertz CT molecular complexity index is 2060. The lowest BCUT2D eigenvalue weighted by molar-refractivity contribution is -0.161. The number of aromatic hydroxyl groups is 2. The minimum atomic E-state index is -1.85. The van der Waals surface area contributed by atoms with Gasteiger partial charge in [0.05, 0.1) is 10.9 Å². The highest BCUT2D eigenvalue weighted by atomic mass is 32.2. The number of amides is 3. The Labute approximate surface area is 287 Å². The minimum absolute atomic E-state index is 0.0214. The fourth-order valence-corrected chi connectivity index (χ4v) is 6.57. The summed E-state index contributed by atoms with van der Waals surface area (Å²) < 4.78 is 10.3. The van der Waals surface area contributed by atoms with Crippen LogP contribution in [0.25, 0.3) is 10.9 Å². The van der Waals surface area contributed by atoms with E-state index < -0.39 is 87.2 Å². The van der Waals surface area contributed by atoms with Crippen molar-refractivity contribution in [3.63, 3.8) is 0 Å². The number of oxime groups is 1. The van der Waals surface area contributed by atoms with Crippen LogP contribution in [0.15, 0.2) is 45.1 Å². The monoisotopic (exact) mass is 733 g/mol. The van der Waals surface area contributed by atoms with Gasteiger partial charge in [0.2, 0.25) is 16.9 Å². The van der Waals surface area contributed by atoms with Crippen LogP contribution in [0.2, 0.25) is 0 Å². The molecule has 3 atom stereocenters. The van der Waals surface area contributed by atoms with Gasteiger partial charge in [-0.3, -0.25) is 24.1 Å². The first-order valence-corrected chi connectivity index (χ1v) is 16.0. The van der Waals surface area contributed by atoms with E-state index in [0.29, 0.717) is 0 Å². The van der Waals surface area contributed by atoms with Crippen LogP contribution in [0, 0.1) is 0 Å². The number of phenols is 2. The van der Waals surface area contributed by atoms with Crippen LogP contribution in [0.5, 0.6) is 11.5 Å². The molecule has 9 N–H and O–H groups in total. The number of H-pyrrole nitrogens is 1. The number of nitrogen functional groups attached to an aromatic ring is 1. The van der Waals surface area contributed by atoms with Crippen molar-refractivity contribution in [1.82, 2.24) is 25.5 Å². The summed E-state index contributed by atoms with van der Waals surface area (Å²) in [5, 5.41) is 47.4. The number of carbonyl (C=O) groups excluding carboxylic acids is 3. The van der Waals surface area contributed by atoms with Crippen LogP contribution < -0.4 is 21.8 Å². The number of hydrogen-bond donors (Lipinski definition) is 8. The van der Waals surface area contributed by atoms with Crippen molar-refractivity contribution in [2.24, 2.45) is 5.16 Å². The third-order valence-corrected chi connectivity index (χ3v) is 9.29. The zero-order valence-electron chi connectivity index (χ0n) is 25.9. The van der Waals surface area contributed by atoms with Gasteiger partial charge in [0.25, 0.3) is 17.7 Å². The molecule has 20 nitrogen and oxygen atoms in total. The number of nitrogens with one attached hydrogen (secondary N) is 3. The number of nitrogens with zero attached hydrogens (tertiary/aromatic N) is 3. The number of hydrogen-bond acceptors (Lipinski definition) is 16. The second-order valence-corrected chi connectivity index (χ2v) is 13.0. The molecule has 3 amide bonds. The van der Waals surface area contributed by atoms with Crippen molar-refractivity contribution in [2.45, 2.75) is 37.1 Å². The SMILES string of the molecule is COC(NC(=O)c1c[nH]c2cc(O)c(O)cc2c1=O)C1=C(OC(=O)O)N2C(=O)C(NC(=O)/C(=N\OC(C)(C)C(=O)O)c3csc(N)n3)[C@@H]2SC1. The number of nitrogens with two attached hydrogens (primary N) is 1. The van der Waals surface area contributed by atoms with Gasteiger partial charge in [-0.1, -0.05) is 5.16 Å². The number of ether oxygens (including phenoxy) is 2. The Morgan fingerprint density at radius 3 is 2.50 bits per heavy atom. The molecular weight excluding hydrogens is 706 g/mol. The molecule has 2 aliphatic heterocycles. The van der Waals surface area contributed by atoms with Gasteiger partial charge in [-0.15, -0.1) is 23.1 Å². The summed E-state index contributed by atoms with van der Waals surface area (Å²) >= 11 is 2.00. The Hall–Kier alpha value is -5.87. The van der Waals surface area contributed by atoms with Gasteiger partial charge >= 0.3 is 12.1 Å². The number of benzene rings is 1. The smallest absolute Gasteiger partial charge is 0.504 e. The third-order valence-electron chi connectivity index (χ3n) is 7.31. The molecule has 4 heterocycles. The molecule has 50 heavy (non-hydrogen) atoms. The highest BCUT2D eigenvalue weighted by molar-refractivity contribution is 8.00. The molecule has 1 saturated heterocycles. The summed E-state index contributed by atoms with van der Waals surface area (Å²) in [6, 6.07) is 0.804. The predicted molar refractivity (Wildman–Crippen MR) is 173 cm³/mol. The van der Waals surface area contributed by atoms with E-state index in [9.17, 15) is 49.2 Å². The van der Waals surface area contributed by atoms with E-state index in [1.807, 2.05) is 0 Å². The first-order chi connectivity index (χ1) is 23.5. The molecule has 2 unspecified atom stereocenters. The number of aromatic nitrogens is 2. The number of carboxylic acid groups (broad SMARTS) is 2. The summed E-state index contributed by atoms with van der Waals surface area (Å²) in [6.07, 6.45) is -2.18. The number of β-lactam (4-membered cyclic amide) rings is 1. The first-order valence-electron chi connectivity index (χ1n) is 14.0. The number of carboxylic acids is 1. The maximum atomic E-state index is 13.4. The van der Waals surface area contributed by atoms with E-state index in [4.69, 9.17) is 20.0 Å². The van der Waals surface area contributed by atoms with Crippen LogP contribution in [0.3, 0.4) is 0 Å². The molecule has 22 heteroatoms. The number of phenolic OH excluding ortho intramolecular Hbond substituents is 2. The number of thiazole rings is 1. The lowest BCUT2D eigenvalue weighted by Crippen LogP contribution is -2.71. The van der Waals surface area contributed by atoms with Crippen LogP contribution in [-0.2, 0) is 28.7 Å². The molecule has 1 aromatic carbocycles. The minimum Gasteiger partial charge on any atom is -0.504 e. The van der Waals surface area contributed by atoms with Crippen LogP contribution in [0.1, 0.15) is 29.9 Å². The van der Waals surface area contributed by atoms with E-state index in [2.05, 4.69) is 25.8 Å². The maximum Gasteiger partial charge on any atom is 0.512 e. The van der Waals surface area contributed by atoms with E-state index in [1.54, 1.807) is 0 Å². The number of aliphatic carboxylic acids is 1. The van der Waals surface area contributed by atoms with Crippen molar-refractivity contribution in [3.05, 3.63) is 56.6 Å². The van der Waals surface area contributed by atoms with Gasteiger partial charge in [-0.25, -0.2) is 14.6 Å². The Kier molecular flexibility index (Phi) is 9.61. The zero-order valence-corrected chi connectivity index (χ0v) is 27.6. The fraction of sp³-hybridized carbons (Fsp3) is 0.286. The van der Waals surface area contributed by atoms with Gasteiger partial charge in [-0.05, 0) is 19.9 Å². The molecule has 0 spiro atoms. The molecule has 3 aromatic rings. The molecule has 264 valence electrons. The van der Waals surface area contributed by atoms with Gasteiger partial charge in [0.1, 0.15) is 22.7 Å². The van der Waals surface area contributed by atoms with Crippen molar-refractivity contribution in [1.29, 1.82) is 0 Å². The van der Waals surface area contributed by atoms with Gasteiger partial charge in [0, 0.05) is 36.1 Å². The van der Waals surface area contributed by atoms with Crippen molar-refractivity contribution < 1.29 is 58.7 Å². The molecule has 5 rings (SSSR count). The topological polar surface area (TPSA) is 305 Å². The van der Waals surface area contributed by atoms with Crippen molar-refractivity contribution in [2.75, 3.05) is 18.6 Å². The molecule has 0 saturated carbocycles. The van der Waals surface area contributed by atoms with E-state index in [1.165, 1.54) is 26.3 Å². The third kappa shape index (κ3) is 6.70. The van der Waals surface area contributed by atoms with Gasteiger partial charge in [0.15, 0.2) is 28.6 Å². The quantitative estimate of drug-likeness (QED) is 0.0327. The number of anilines is 1. The lowest BCUT2D eigenvalue weighted by Gasteiger charge is -2.49. The largest absolute Gasteiger partial charge is 0.512 e. The van der Waals surface area contributed by atoms with E-state index in [0.717, 1.165) is 46.3 Å². The molecule has 0 aliphatic carbocycles. The number of rotatable bonds is 11. The first kappa shape index (κ1) is 35.4. The van der Waals surface area contributed by atoms with Crippen LogP contribution in [0.4, 0.5) is 9.93 Å². The molecular formula is C28H27N7O13S2. The number of thioether (sulfide) groups is 1. The Morgan fingerprint density at radius 1 is 1.18 bits per heavy atom. The standard InChI is InChI=1S/C28H27N7O13S2/c1-28(2,25(42)43)48-34-16(13-8-50-26(29)31-13)20(40)32-17-22(41)35-23(47-27(44)45)11(7-49-24(17)35)21(46-3)33-19(39)10-6-30-12-5-15(37)14(36)4-9(12)18(10)38/h4-6,8,17,21,24,36-37H,7H2,1-3H3,(H2,29,31)(H,30,38)(H,32,40)(H,33,39)(H,42,43)(H,44,45)/b34-16-/t17?,21?,24-/m0/s1. The second kappa shape index (κ2) is 13.6. The van der Waals surface area contributed by atoms with Gasteiger partial charge in [-0.2, -0.15) is 0 Å². The summed E-state index contributed by atoms with van der Waals surface area (Å²) in [5.74, 6) is -5.89. The number of fused-ring (bicyclic) bond motifs is 2. The van der Waals surface area contributed by atoms with Crippen molar-refractivity contribution >= 4 is 74.7 Å². The molecule has 2 aromatic heterocycles. The number of methoxy groups -OCH3 is 1. The fourth-order valence-electron chi connectivity index (χ4n) is 4.67. The number of carbonyl (C=O) groups is 5. The summed E-state index contributed by atoms with van der Waals surface area (Å²) in [5.41, 5.74) is 2.15. The molecule has 0 bridgehead atoms. The molecule has 2 aliphatic rings. The summed E-state index contributed by atoms with van der Waals surface area (Å²) in [7, 11) is 1.17. The van der Waals surface area contributed by atoms with Gasteiger partial charge < -0.3 is 56.1 Å². The summed E-state index contributed by atoms with van der Waals surface area (Å²) in [4.78, 5) is 88.9. The molecule has 0 radical (unpaired) electrons. The predicted octanol–water partition coefficient (Wildman–Crippen LogP) is 0.271. The number of pyridine rings is 1. The maximum absolute atomic E-state index is 13.4. The van der Waals surface area contributed by atoms with Crippen molar-refractivity contribution in [3.8, 4) is 11.5 Å². The summed E-state index contributed by atoms with van der Waals surface area (Å²) in [6.45, 7) is 2.38. The highest BCUT2D eigenvalue weighted by Crippen LogP contribution is 2.42. The van der Waals surface area contributed by atoms with Crippen LogP contribution >= 0.6 is 23.1 Å². The zero-order chi connectivity index (χ0) is 36.7. The molecule has 1 fully saturated rings. The van der Waals surface area contributed by atoms with Crippen LogP contribution in [-0.4, -0.2) is 107 Å².